The molecule has 2 aromatic rings. The molecule has 4 rings (SSSR count). The fraction of sp³-hybridized carbons (Fsp3) is 0.560. The fourth-order valence-electron chi connectivity index (χ4n) is 4.77. The smallest absolute Gasteiger partial charge is 0.408 e. The Hall–Kier alpha value is -2.77. The van der Waals surface area contributed by atoms with Gasteiger partial charge in [-0.2, -0.15) is 26.3 Å². The lowest BCUT2D eigenvalue weighted by Gasteiger charge is -2.27. The largest absolute Gasteiger partial charge is 0.417 e. The van der Waals surface area contributed by atoms with E-state index in [1.807, 2.05) is 0 Å². The molecule has 3 atom stereocenters. The summed E-state index contributed by atoms with van der Waals surface area (Å²) in [5.74, 6) is -0.134. The molecule has 2 aliphatic rings. The quantitative estimate of drug-likeness (QED) is 0.494. The van der Waals surface area contributed by atoms with E-state index in [1.54, 1.807) is 0 Å². The minimum Gasteiger partial charge on any atom is -0.408 e. The highest BCUT2D eigenvalue weighted by Gasteiger charge is 2.38. The van der Waals surface area contributed by atoms with E-state index < -0.39 is 53.4 Å². The molecule has 0 radical (unpaired) electrons. The van der Waals surface area contributed by atoms with E-state index in [0.717, 1.165) is 18.9 Å². The molecule has 1 aliphatic carbocycles. The van der Waals surface area contributed by atoms with E-state index in [-0.39, 0.29) is 36.9 Å². The minimum atomic E-state index is -4.96. The van der Waals surface area contributed by atoms with Crippen LogP contribution in [0.25, 0.3) is 11.3 Å². The van der Waals surface area contributed by atoms with Crippen molar-refractivity contribution < 1.29 is 50.5 Å². The third-order valence-corrected chi connectivity index (χ3v) is 6.75. The van der Waals surface area contributed by atoms with Crippen molar-refractivity contribution in [3.8, 4) is 17.0 Å². The van der Waals surface area contributed by atoms with Crippen molar-refractivity contribution >= 4 is 6.09 Å². The summed E-state index contributed by atoms with van der Waals surface area (Å²) in [7, 11) is 0. The number of rotatable bonds is 5. The van der Waals surface area contributed by atoms with Crippen LogP contribution in [0.5, 0.6) is 5.75 Å². The number of halogens is 6. The summed E-state index contributed by atoms with van der Waals surface area (Å²) in [5, 5.41) is 12.7. The van der Waals surface area contributed by atoms with Gasteiger partial charge in [0.25, 0.3) is 0 Å². The molecule has 7 nitrogen and oxygen atoms in total. The molecule has 1 amide bonds. The average Bonchev–Trinajstić information content (AvgIpc) is 3.14. The Morgan fingerprint density at radius 1 is 1.11 bits per heavy atom. The molecule has 0 spiro atoms. The van der Waals surface area contributed by atoms with Crippen LogP contribution in [0.4, 0.5) is 31.1 Å². The van der Waals surface area contributed by atoms with Crippen molar-refractivity contribution in [3.63, 3.8) is 0 Å². The molecule has 0 bridgehead atoms. The van der Waals surface area contributed by atoms with E-state index in [9.17, 15) is 36.2 Å². The lowest BCUT2D eigenvalue weighted by Crippen LogP contribution is -2.46. The maximum atomic E-state index is 13.9. The first-order chi connectivity index (χ1) is 17.8. The van der Waals surface area contributed by atoms with Gasteiger partial charge in [-0.15, -0.1) is 0 Å². The Labute approximate surface area is 214 Å². The number of nitrogens with one attached hydrogen (secondary N) is 1. The van der Waals surface area contributed by atoms with Crippen LogP contribution in [0.3, 0.4) is 0 Å². The highest BCUT2D eigenvalue weighted by Crippen LogP contribution is 2.43. The molecular weight excluding hydrogens is 522 g/mol. The molecule has 2 fully saturated rings. The van der Waals surface area contributed by atoms with E-state index in [0.29, 0.717) is 37.6 Å². The number of aliphatic hydroxyl groups excluding tert-OH is 1. The van der Waals surface area contributed by atoms with E-state index in [2.05, 4.69) is 5.32 Å². The number of hydrogen-bond donors (Lipinski definition) is 2. The van der Waals surface area contributed by atoms with E-state index in [4.69, 9.17) is 14.2 Å². The number of nitrogens with zero attached hydrogens (tertiary/aromatic N) is 1. The molecule has 38 heavy (non-hydrogen) atoms. The van der Waals surface area contributed by atoms with Gasteiger partial charge in [0.15, 0.2) is 5.75 Å². The summed E-state index contributed by atoms with van der Waals surface area (Å²) in [6.07, 6.45) is -9.49. The normalized spacial score (nSPS) is 22.8. The number of alkyl halides is 6. The fourth-order valence-corrected chi connectivity index (χ4v) is 4.77. The van der Waals surface area contributed by atoms with Crippen molar-refractivity contribution in [2.45, 2.75) is 69.8 Å². The van der Waals surface area contributed by atoms with Crippen molar-refractivity contribution in [2.24, 2.45) is 0 Å². The Balaban J connectivity index is 1.75. The highest BCUT2D eigenvalue weighted by molar-refractivity contribution is 5.74. The second-order valence-corrected chi connectivity index (χ2v) is 9.41. The maximum Gasteiger partial charge on any atom is 0.417 e. The van der Waals surface area contributed by atoms with Crippen molar-refractivity contribution in [1.29, 1.82) is 0 Å². The number of aromatic nitrogens is 1. The molecule has 1 aliphatic heterocycles. The van der Waals surface area contributed by atoms with Gasteiger partial charge < -0.3 is 29.2 Å². The molecule has 1 saturated heterocycles. The lowest BCUT2D eigenvalue weighted by atomic mass is 9.93. The summed E-state index contributed by atoms with van der Waals surface area (Å²) >= 11 is 0. The van der Waals surface area contributed by atoms with Crippen LogP contribution in [0, 0.1) is 6.92 Å². The first-order valence-corrected chi connectivity index (χ1v) is 12.2. The van der Waals surface area contributed by atoms with Crippen LogP contribution in [0.15, 0.2) is 24.3 Å². The molecule has 1 unspecified atom stereocenters. The van der Waals surface area contributed by atoms with Crippen molar-refractivity contribution in [2.75, 3.05) is 19.8 Å². The second-order valence-electron chi connectivity index (χ2n) is 9.41. The molecule has 13 heteroatoms. The predicted molar refractivity (Wildman–Crippen MR) is 123 cm³/mol. The minimum absolute atomic E-state index is 0.0545. The average molecular weight is 550 g/mol. The summed E-state index contributed by atoms with van der Waals surface area (Å²) in [6, 6.07) is 1.77. The number of aliphatic hydroxyl groups is 1. The lowest BCUT2D eigenvalue weighted by molar-refractivity contribution is -0.141. The second kappa shape index (κ2) is 11.1. The molecular formula is C25H28F6N2O5. The van der Waals surface area contributed by atoms with E-state index >= 15 is 0 Å². The zero-order valence-corrected chi connectivity index (χ0v) is 20.5. The molecule has 2 heterocycles. The zero-order valence-electron chi connectivity index (χ0n) is 20.5. The van der Waals surface area contributed by atoms with Gasteiger partial charge in [-0.1, -0.05) is 12.8 Å². The number of ether oxygens (including phenoxy) is 3. The van der Waals surface area contributed by atoms with Crippen LogP contribution >= 0.6 is 0 Å². The first kappa shape index (κ1) is 28.2. The van der Waals surface area contributed by atoms with Gasteiger partial charge in [-0.3, -0.25) is 0 Å². The van der Waals surface area contributed by atoms with Crippen LogP contribution in [0.1, 0.15) is 42.5 Å². The van der Waals surface area contributed by atoms with Crippen LogP contribution in [-0.4, -0.2) is 53.8 Å². The maximum absolute atomic E-state index is 13.9. The summed E-state index contributed by atoms with van der Waals surface area (Å²) < 4.78 is 99.9. The predicted octanol–water partition coefficient (Wildman–Crippen LogP) is 5.31. The number of amides is 1. The zero-order chi connectivity index (χ0) is 27.7. The molecule has 1 saturated carbocycles. The third kappa shape index (κ3) is 6.44. The van der Waals surface area contributed by atoms with Gasteiger partial charge in [-0.25, -0.2) is 4.79 Å². The number of carbonyl (C=O) groups is 1. The Morgan fingerprint density at radius 3 is 2.47 bits per heavy atom. The molecule has 2 N–H and O–H groups in total. The summed E-state index contributed by atoms with van der Waals surface area (Å²) in [6.45, 7) is 2.13. The van der Waals surface area contributed by atoms with Crippen LogP contribution in [0.2, 0.25) is 0 Å². The SMILES string of the molecule is Cc1c(OC(=O)N[C@@H]2CCCC[C@H]2O)cc(-c2cc(C(F)(F)F)ccc2C(F)(F)F)n1CC1COCCO1. The van der Waals surface area contributed by atoms with Gasteiger partial charge in [0.2, 0.25) is 0 Å². The number of carbonyl (C=O) groups excluding carboxylic acids is 1. The molecule has 210 valence electrons. The number of hydrogen-bond acceptors (Lipinski definition) is 5. The van der Waals surface area contributed by atoms with Gasteiger partial charge in [0, 0.05) is 11.6 Å². The third-order valence-electron chi connectivity index (χ3n) is 6.75. The Morgan fingerprint density at radius 2 is 1.84 bits per heavy atom. The monoisotopic (exact) mass is 550 g/mol. The Bertz CT molecular complexity index is 1140. The van der Waals surface area contributed by atoms with Gasteiger partial charge in [0.1, 0.15) is 0 Å². The van der Waals surface area contributed by atoms with Crippen LogP contribution in [-0.2, 0) is 28.4 Å². The van der Waals surface area contributed by atoms with Crippen molar-refractivity contribution in [3.05, 3.63) is 41.1 Å². The Kier molecular flexibility index (Phi) is 8.29. The summed E-state index contributed by atoms with van der Waals surface area (Å²) in [5.41, 5.74) is -3.26. The molecule has 1 aromatic heterocycles. The standard InChI is InChI=1S/C25H28F6N2O5/c1-14-22(38-23(35)32-19-4-2-3-5-21(19)34)11-20(33(14)12-16-13-36-8-9-37-16)17-10-15(24(26,27)28)6-7-18(17)25(29,30)31/h6-7,10-11,16,19,21,34H,2-5,8-9,12-13H2,1H3,(H,32,35)/t16?,19-,21-/m1/s1. The van der Waals surface area contributed by atoms with Gasteiger partial charge in [0.05, 0.1) is 67.1 Å². The highest BCUT2D eigenvalue weighted by atomic mass is 19.4. The van der Waals surface area contributed by atoms with Crippen LogP contribution < -0.4 is 10.1 Å². The molecule has 1 aromatic carbocycles. The van der Waals surface area contributed by atoms with Gasteiger partial charge in [-0.05, 0) is 38.0 Å². The van der Waals surface area contributed by atoms with Gasteiger partial charge >= 0.3 is 18.4 Å². The van der Waals surface area contributed by atoms with E-state index in [1.165, 1.54) is 11.5 Å². The van der Waals surface area contributed by atoms with Crippen molar-refractivity contribution in [1.82, 2.24) is 9.88 Å². The topological polar surface area (TPSA) is 82.0 Å². The first-order valence-electron chi connectivity index (χ1n) is 12.2. The number of benzene rings is 1. The summed E-state index contributed by atoms with van der Waals surface area (Å²) in [4.78, 5) is 12.6.